The lowest BCUT2D eigenvalue weighted by Gasteiger charge is -2.42. The normalized spacial score (nSPS) is 21.4. The van der Waals surface area contributed by atoms with Crippen LogP contribution in [0.1, 0.15) is 25.7 Å². The van der Waals surface area contributed by atoms with Gasteiger partial charge in [-0.15, -0.1) is 0 Å². The van der Waals surface area contributed by atoms with E-state index in [1.165, 1.54) is 25.3 Å². The molecular weight excluding hydrogens is 227 g/mol. The molecule has 1 heterocycles. The molecule has 1 aromatic rings. The number of halogens is 2. The fourth-order valence-electron chi connectivity index (χ4n) is 2.56. The zero-order chi connectivity index (χ0) is 11.2. The molecule has 1 aliphatic carbocycles. The molecule has 86 valence electrons. The van der Waals surface area contributed by atoms with Crippen LogP contribution in [0.3, 0.4) is 0 Å². The van der Waals surface area contributed by atoms with Crippen LogP contribution in [0.5, 0.6) is 0 Å². The quantitative estimate of drug-likeness (QED) is 0.724. The van der Waals surface area contributed by atoms with Crippen LogP contribution < -0.4 is 10.6 Å². The molecular formula is C12H14ClFN2. The van der Waals surface area contributed by atoms with Gasteiger partial charge in [0.1, 0.15) is 5.82 Å². The van der Waals surface area contributed by atoms with E-state index in [0.717, 1.165) is 24.3 Å². The Morgan fingerprint density at radius 1 is 1.19 bits per heavy atom. The van der Waals surface area contributed by atoms with Crippen molar-refractivity contribution in [2.45, 2.75) is 31.2 Å². The summed E-state index contributed by atoms with van der Waals surface area (Å²) in [7, 11) is 0. The first-order valence-electron chi connectivity index (χ1n) is 5.70. The molecule has 0 atom stereocenters. The Morgan fingerprint density at radius 3 is 2.69 bits per heavy atom. The monoisotopic (exact) mass is 240 g/mol. The zero-order valence-electron chi connectivity index (χ0n) is 8.95. The van der Waals surface area contributed by atoms with Crippen molar-refractivity contribution in [3.8, 4) is 0 Å². The first-order chi connectivity index (χ1) is 7.69. The molecule has 1 fully saturated rings. The van der Waals surface area contributed by atoms with Gasteiger partial charge in [-0.1, -0.05) is 11.6 Å². The average molecular weight is 241 g/mol. The number of hydrogen-bond donors (Lipinski definition) is 2. The molecule has 0 saturated heterocycles. The Hall–Kier alpha value is -0.960. The summed E-state index contributed by atoms with van der Waals surface area (Å²) in [6.07, 6.45) is 4.70. The number of fused-ring (bicyclic) bond motifs is 1. The van der Waals surface area contributed by atoms with Crippen LogP contribution >= 0.6 is 11.6 Å². The molecule has 1 saturated carbocycles. The standard InChI is InChI=1S/C12H14ClFN2/c13-8-6-10-11(7-9(8)14)16-12(2-1-3-12)4-5-15-10/h6-7,15-16H,1-5H2. The van der Waals surface area contributed by atoms with Crippen molar-refractivity contribution < 1.29 is 4.39 Å². The molecule has 2 aliphatic rings. The largest absolute Gasteiger partial charge is 0.383 e. The van der Waals surface area contributed by atoms with E-state index in [4.69, 9.17) is 11.6 Å². The van der Waals surface area contributed by atoms with E-state index in [2.05, 4.69) is 10.6 Å². The van der Waals surface area contributed by atoms with Gasteiger partial charge in [0.05, 0.1) is 16.4 Å². The minimum absolute atomic E-state index is 0.178. The zero-order valence-corrected chi connectivity index (χ0v) is 9.70. The van der Waals surface area contributed by atoms with Crippen molar-refractivity contribution >= 4 is 23.0 Å². The SMILES string of the molecule is Fc1cc2c(cc1Cl)NCCC1(CCC1)N2. The van der Waals surface area contributed by atoms with Crippen LogP contribution in [-0.4, -0.2) is 12.1 Å². The lowest BCUT2D eigenvalue weighted by atomic mass is 9.74. The topological polar surface area (TPSA) is 24.1 Å². The Balaban J connectivity index is 1.99. The van der Waals surface area contributed by atoms with Gasteiger partial charge in [0.15, 0.2) is 0 Å². The highest BCUT2D eigenvalue weighted by Crippen LogP contribution is 2.42. The third-order valence-corrected chi connectivity index (χ3v) is 3.98. The molecule has 3 rings (SSSR count). The fourth-order valence-corrected chi connectivity index (χ4v) is 2.72. The summed E-state index contributed by atoms with van der Waals surface area (Å²) in [5, 5.41) is 6.96. The van der Waals surface area contributed by atoms with Gasteiger partial charge in [0.2, 0.25) is 0 Å². The number of nitrogens with one attached hydrogen (secondary N) is 2. The highest BCUT2D eigenvalue weighted by molar-refractivity contribution is 6.31. The molecule has 2 nitrogen and oxygen atoms in total. The first-order valence-corrected chi connectivity index (χ1v) is 6.07. The predicted octanol–water partition coefficient (Wildman–Crippen LogP) is 3.63. The Morgan fingerprint density at radius 2 is 2.00 bits per heavy atom. The first kappa shape index (κ1) is 10.2. The second-order valence-electron chi connectivity index (χ2n) is 4.75. The molecule has 0 radical (unpaired) electrons. The van der Waals surface area contributed by atoms with Crippen molar-refractivity contribution in [3.63, 3.8) is 0 Å². The van der Waals surface area contributed by atoms with Gasteiger partial charge in [-0.3, -0.25) is 0 Å². The maximum absolute atomic E-state index is 13.4. The van der Waals surface area contributed by atoms with Crippen molar-refractivity contribution in [1.82, 2.24) is 0 Å². The maximum Gasteiger partial charge on any atom is 0.143 e. The van der Waals surface area contributed by atoms with Crippen molar-refractivity contribution in [3.05, 3.63) is 23.0 Å². The van der Waals surface area contributed by atoms with E-state index in [1.807, 2.05) is 0 Å². The van der Waals surface area contributed by atoms with E-state index in [9.17, 15) is 4.39 Å². The highest BCUT2D eigenvalue weighted by Gasteiger charge is 2.38. The molecule has 0 amide bonds. The molecule has 0 aromatic heterocycles. The van der Waals surface area contributed by atoms with Gasteiger partial charge < -0.3 is 10.6 Å². The second kappa shape index (κ2) is 3.52. The summed E-state index contributed by atoms with van der Waals surface area (Å²) in [4.78, 5) is 0. The van der Waals surface area contributed by atoms with Gasteiger partial charge in [0, 0.05) is 18.2 Å². The number of anilines is 2. The van der Waals surface area contributed by atoms with E-state index in [1.54, 1.807) is 6.07 Å². The summed E-state index contributed by atoms with van der Waals surface area (Å²) in [5.41, 5.74) is 1.95. The van der Waals surface area contributed by atoms with Gasteiger partial charge in [-0.05, 0) is 31.7 Å². The van der Waals surface area contributed by atoms with Gasteiger partial charge >= 0.3 is 0 Å². The average Bonchev–Trinajstić information content (AvgIpc) is 2.38. The highest BCUT2D eigenvalue weighted by atomic mass is 35.5. The minimum atomic E-state index is -0.355. The minimum Gasteiger partial charge on any atom is -0.383 e. The summed E-state index contributed by atoms with van der Waals surface area (Å²) >= 11 is 5.78. The van der Waals surface area contributed by atoms with Gasteiger partial charge in [-0.25, -0.2) is 4.39 Å². The molecule has 0 unspecified atom stereocenters. The van der Waals surface area contributed by atoms with Crippen LogP contribution in [0, 0.1) is 5.82 Å². The number of benzene rings is 1. The molecule has 0 bridgehead atoms. The molecule has 1 spiro atoms. The second-order valence-corrected chi connectivity index (χ2v) is 5.15. The molecule has 1 aliphatic heterocycles. The van der Waals surface area contributed by atoms with Crippen LogP contribution in [0.15, 0.2) is 12.1 Å². The third-order valence-electron chi connectivity index (χ3n) is 3.69. The predicted molar refractivity (Wildman–Crippen MR) is 64.7 cm³/mol. The van der Waals surface area contributed by atoms with E-state index in [0.29, 0.717) is 0 Å². The summed E-state index contributed by atoms with van der Waals surface area (Å²) in [5.74, 6) is -0.355. The maximum atomic E-state index is 13.4. The third kappa shape index (κ3) is 1.54. The van der Waals surface area contributed by atoms with Crippen LogP contribution in [0.2, 0.25) is 5.02 Å². The summed E-state index contributed by atoms with van der Waals surface area (Å²) in [6.45, 7) is 0.919. The van der Waals surface area contributed by atoms with E-state index < -0.39 is 0 Å². The molecule has 4 heteroatoms. The Labute approximate surface area is 99.2 Å². The smallest absolute Gasteiger partial charge is 0.143 e. The molecule has 2 N–H and O–H groups in total. The van der Waals surface area contributed by atoms with Crippen LogP contribution in [0.4, 0.5) is 15.8 Å². The van der Waals surface area contributed by atoms with Gasteiger partial charge in [0.25, 0.3) is 0 Å². The van der Waals surface area contributed by atoms with Crippen molar-refractivity contribution in [1.29, 1.82) is 0 Å². The molecule has 16 heavy (non-hydrogen) atoms. The van der Waals surface area contributed by atoms with Crippen molar-refractivity contribution in [2.75, 3.05) is 17.2 Å². The van der Waals surface area contributed by atoms with E-state index in [-0.39, 0.29) is 16.4 Å². The lowest BCUT2D eigenvalue weighted by Crippen LogP contribution is -2.45. The Bertz CT molecular complexity index is 429. The van der Waals surface area contributed by atoms with Crippen molar-refractivity contribution in [2.24, 2.45) is 0 Å². The summed E-state index contributed by atoms with van der Waals surface area (Å²) in [6, 6.07) is 3.16. The van der Waals surface area contributed by atoms with Crippen LogP contribution in [-0.2, 0) is 0 Å². The van der Waals surface area contributed by atoms with E-state index >= 15 is 0 Å². The molecule has 1 aromatic carbocycles. The van der Waals surface area contributed by atoms with Crippen LogP contribution in [0.25, 0.3) is 0 Å². The lowest BCUT2D eigenvalue weighted by molar-refractivity contribution is 0.268. The number of hydrogen-bond acceptors (Lipinski definition) is 2. The number of rotatable bonds is 0. The fraction of sp³-hybridized carbons (Fsp3) is 0.500. The Kier molecular flexibility index (Phi) is 2.25. The van der Waals surface area contributed by atoms with Gasteiger partial charge in [-0.2, -0.15) is 0 Å². The summed E-state index contributed by atoms with van der Waals surface area (Å²) < 4.78 is 13.4.